The Balaban J connectivity index is 2.48. The number of fused-ring (bicyclic) bond motifs is 1. The Morgan fingerprint density at radius 2 is 2.18 bits per heavy atom. The number of nitriles is 1. The van der Waals surface area contributed by atoms with Crippen molar-refractivity contribution in [2.45, 2.75) is 25.7 Å². The van der Waals surface area contributed by atoms with Crippen molar-refractivity contribution in [3.8, 4) is 6.07 Å². The van der Waals surface area contributed by atoms with Crippen LogP contribution in [-0.2, 0) is 12.8 Å². The fourth-order valence-electron chi connectivity index (χ4n) is 1.52. The largest absolute Gasteiger partial charge is 0.192 e. The summed E-state index contributed by atoms with van der Waals surface area (Å²) in [5, 5.41) is 11.8. The molecule has 0 atom stereocenters. The number of rotatable bonds is 0. The molecule has 11 heavy (non-hydrogen) atoms. The average molecular weight is 162 g/mol. The standard InChI is InChI=1S/C9H8NS/c10-5-7-6-11-9-4-2-1-3-8(7)9/h1-4H2. The summed E-state index contributed by atoms with van der Waals surface area (Å²) in [6.45, 7) is 0. The maximum Gasteiger partial charge on any atom is 0.101 e. The van der Waals surface area contributed by atoms with Crippen molar-refractivity contribution in [1.29, 1.82) is 5.26 Å². The van der Waals surface area contributed by atoms with Gasteiger partial charge in [0.05, 0.1) is 10.9 Å². The van der Waals surface area contributed by atoms with Gasteiger partial charge >= 0.3 is 0 Å². The first-order valence-corrected chi connectivity index (χ1v) is 4.66. The average Bonchev–Trinajstić information content (AvgIpc) is 2.47. The van der Waals surface area contributed by atoms with Gasteiger partial charge in [-0.05, 0) is 31.2 Å². The van der Waals surface area contributed by atoms with Gasteiger partial charge in [0, 0.05) is 4.88 Å². The van der Waals surface area contributed by atoms with Gasteiger partial charge in [-0.15, -0.1) is 11.3 Å². The Kier molecular flexibility index (Phi) is 1.67. The van der Waals surface area contributed by atoms with Crippen LogP contribution < -0.4 is 0 Å². The van der Waals surface area contributed by atoms with E-state index in [0.717, 1.165) is 18.4 Å². The van der Waals surface area contributed by atoms with Crippen LogP contribution in [-0.4, -0.2) is 0 Å². The lowest BCUT2D eigenvalue weighted by Gasteiger charge is -2.09. The van der Waals surface area contributed by atoms with E-state index in [1.807, 2.05) is 0 Å². The molecule has 1 aliphatic rings. The summed E-state index contributed by atoms with van der Waals surface area (Å²) in [5.74, 6) is 0. The molecule has 0 saturated carbocycles. The lowest BCUT2D eigenvalue weighted by atomic mass is 9.96. The van der Waals surface area contributed by atoms with Crippen LogP contribution in [0.3, 0.4) is 0 Å². The first-order valence-electron chi connectivity index (χ1n) is 3.84. The van der Waals surface area contributed by atoms with Gasteiger partial charge < -0.3 is 0 Å². The molecule has 0 N–H and O–H groups in total. The second-order valence-corrected chi connectivity index (χ2v) is 3.70. The molecule has 1 aliphatic carbocycles. The molecule has 0 saturated heterocycles. The molecule has 0 aliphatic heterocycles. The summed E-state index contributed by atoms with van der Waals surface area (Å²) in [6.07, 6.45) is 4.79. The number of hydrogen-bond acceptors (Lipinski definition) is 2. The highest BCUT2D eigenvalue weighted by atomic mass is 32.1. The van der Waals surface area contributed by atoms with E-state index >= 15 is 0 Å². The molecule has 1 aromatic heterocycles. The Bertz CT molecular complexity index is 306. The van der Waals surface area contributed by atoms with Crippen LogP contribution in [0.2, 0.25) is 0 Å². The molecular weight excluding hydrogens is 154 g/mol. The molecule has 1 nitrogen and oxygen atoms in total. The van der Waals surface area contributed by atoms with E-state index in [4.69, 9.17) is 5.26 Å². The van der Waals surface area contributed by atoms with Gasteiger partial charge in [0.1, 0.15) is 6.07 Å². The summed E-state index contributed by atoms with van der Waals surface area (Å²) < 4.78 is 0. The van der Waals surface area contributed by atoms with Crippen LogP contribution in [0, 0.1) is 16.7 Å². The maximum absolute atomic E-state index is 8.71. The number of thiophene rings is 1. The second-order valence-electron chi connectivity index (χ2n) is 2.80. The van der Waals surface area contributed by atoms with Gasteiger partial charge in [-0.2, -0.15) is 5.26 Å². The maximum atomic E-state index is 8.71. The third-order valence-electron chi connectivity index (χ3n) is 2.11. The van der Waals surface area contributed by atoms with Crippen molar-refractivity contribution in [2.75, 3.05) is 0 Å². The normalized spacial score (nSPS) is 15.5. The highest BCUT2D eigenvalue weighted by Crippen LogP contribution is 2.28. The van der Waals surface area contributed by atoms with Crippen molar-refractivity contribution in [2.24, 2.45) is 0 Å². The van der Waals surface area contributed by atoms with Crippen LogP contribution in [0.5, 0.6) is 0 Å². The van der Waals surface area contributed by atoms with E-state index in [1.165, 1.54) is 23.3 Å². The van der Waals surface area contributed by atoms with Crippen LogP contribution in [0.15, 0.2) is 0 Å². The Labute approximate surface area is 70.3 Å². The molecule has 0 bridgehead atoms. The summed E-state index contributed by atoms with van der Waals surface area (Å²) in [6, 6.07) is 2.19. The predicted molar refractivity (Wildman–Crippen MR) is 44.5 cm³/mol. The fourth-order valence-corrected chi connectivity index (χ4v) is 2.49. The van der Waals surface area contributed by atoms with E-state index in [0.29, 0.717) is 0 Å². The monoisotopic (exact) mass is 162 g/mol. The van der Waals surface area contributed by atoms with E-state index in [-0.39, 0.29) is 0 Å². The van der Waals surface area contributed by atoms with Crippen molar-refractivity contribution in [1.82, 2.24) is 0 Å². The zero-order valence-electron chi connectivity index (χ0n) is 6.18. The summed E-state index contributed by atoms with van der Waals surface area (Å²) in [7, 11) is 0. The molecule has 0 unspecified atom stereocenters. The van der Waals surface area contributed by atoms with Crippen molar-refractivity contribution >= 4 is 11.3 Å². The van der Waals surface area contributed by atoms with E-state index in [2.05, 4.69) is 11.4 Å². The molecule has 2 heteroatoms. The Hall–Kier alpha value is -0.810. The van der Waals surface area contributed by atoms with Gasteiger partial charge in [-0.3, -0.25) is 0 Å². The Morgan fingerprint density at radius 3 is 3.00 bits per heavy atom. The quantitative estimate of drug-likeness (QED) is 0.574. The molecule has 1 heterocycles. The third kappa shape index (κ3) is 1.06. The second kappa shape index (κ2) is 2.67. The van der Waals surface area contributed by atoms with E-state index in [1.54, 1.807) is 11.3 Å². The smallest absolute Gasteiger partial charge is 0.101 e. The minimum absolute atomic E-state index is 0.796. The third-order valence-corrected chi connectivity index (χ3v) is 3.11. The number of hydrogen-bond donors (Lipinski definition) is 0. The number of nitrogens with zero attached hydrogens (tertiary/aromatic N) is 1. The van der Waals surface area contributed by atoms with Crippen LogP contribution in [0.1, 0.15) is 28.8 Å². The van der Waals surface area contributed by atoms with Gasteiger partial charge in [-0.1, -0.05) is 0 Å². The Morgan fingerprint density at radius 1 is 1.36 bits per heavy atom. The minimum atomic E-state index is 0.796. The lowest BCUT2D eigenvalue weighted by Crippen LogP contribution is -1.99. The van der Waals surface area contributed by atoms with Gasteiger partial charge in [0.2, 0.25) is 0 Å². The van der Waals surface area contributed by atoms with E-state index in [9.17, 15) is 0 Å². The van der Waals surface area contributed by atoms with Gasteiger partial charge in [-0.25, -0.2) is 0 Å². The highest BCUT2D eigenvalue weighted by Gasteiger charge is 2.14. The fraction of sp³-hybridized carbons (Fsp3) is 0.444. The number of aryl methyl sites for hydroxylation is 1. The molecule has 1 aromatic rings. The highest BCUT2D eigenvalue weighted by molar-refractivity contribution is 7.09. The van der Waals surface area contributed by atoms with Crippen molar-refractivity contribution in [3.05, 3.63) is 21.4 Å². The summed E-state index contributed by atoms with van der Waals surface area (Å²) in [5.41, 5.74) is 2.08. The predicted octanol–water partition coefficient (Wildman–Crippen LogP) is 2.30. The van der Waals surface area contributed by atoms with Gasteiger partial charge in [0.25, 0.3) is 0 Å². The lowest BCUT2D eigenvalue weighted by molar-refractivity contribution is 0.696. The summed E-state index contributed by atoms with van der Waals surface area (Å²) >= 11 is 1.63. The minimum Gasteiger partial charge on any atom is -0.192 e. The molecule has 1 radical (unpaired) electrons. The first kappa shape index (κ1) is 6.87. The van der Waals surface area contributed by atoms with Crippen LogP contribution in [0.25, 0.3) is 0 Å². The molecular formula is C9H8NS. The van der Waals surface area contributed by atoms with Gasteiger partial charge in [0.15, 0.2) is 0 Å². The molecule has 0 amide bonds. The summed E-state index contributed by atoms with van der Waals surface area (Å²) in [4.78, 5) is 1.40. The zero-order valence-corrected chi connectivity index (χ0v) is 7.00. The molecule has 0 fully saturated rings. The molecule has 0 spiro atoms. The zero-order chi connectivity index (χ0) is 7.68. The van der Waals surface area contributed by atoms with Crippen molar-refractivity contribution < 1.29 is 0 Å². The SMILES string of the molecule is N#Cc1[c]sc2c1CCCC2. The van der Waals surface area contributed by atoms with E-state index < -0.39 is 0 Å². The van der Waals surface area contributed by atoms with Crippen LogP contribution >= 0.6 is 11.3 Å². The molecule has 0 aromatic carbocycles. The van der Waals surface area contributed by atoms with Crippen molar-refractivity contribution in [3.63, 3.8) is 0 Å². The molecule has 55 valence electrons. The van der Waals surface area contributed by atoms with Crippen LogP contribution in [0.4, 0.5) is 0 Å². The first-order chi connectivity index (χ1) is 5.42. The molecule has 2 rings (SSSR count). The topological polar surface area (TPSA) is 23.8 Å².